The standard InChI is InChI=1S/C21H23ClN4O/c1-15-18(14-26-8-6-25(2)7-9-26)11-19(22)12-20(15)24-21(27)17-5-3-4-16(10-17)13-23/h3-5,10-12H,6-9,14H2,1-2H3,(H,24,27). The normalized spacial score (nSPS) is 15.3. The van der Waals surface area contributed by atoms with Crippen LogP contribution >= 0.6 is 11.6 Å². The summed E-state index contributed by atoms with van der Waals surface area (Å²) < 4.78 is 0. The zero-order valence-electron chi connectivity index (χ0n) is 15.6. The summed E-state index contributed by atoms with van der Waals surface area (Å²) in [6.45, 7) is 6.96. The SMILES string of the molecule is Cc1c(CN2CCN(C)CC2)cc(Cl)cc1NC(=O)c1cccc(C#N)c1. The van der Waals surface area contributed by atoms with E-state index in [2.05, 4.69) is 28.2 Å². The van der Waals surface area contributed by atoms with Gasteiger partial charge in [0, 0.05) is 49.0 Å². The van der Waals surface area contributed by atoms with Gasteiger partial charge >= 0.3 is 0 Å². The molecule has 3 rings (SSSR count). The number of nitrogens with zero attached hydrogens (tertiary/aromatic N) is 3. The highest BCUT2D eigenvalue weighted by atomic mass is 35.5. The molecule has 0 saturated carbocycles. The number of rotatable bonds is 4. The van der Waals surface area contributed by atoms with Crippen molar-refractivity contribution in [3.8, 4) is 6.07 Å². The molecule has 0 unspecified atom stereocenters. The molecule has 0 aromatic heterocycles. The van der Waals surface area contributed by atoms with Crippen LogP contribution in [0.3, 0.4) is 0 Å². The van der Waals surface area contributed by atoms with Crippen molar-refractivity contribution in [3.63, 3.8) is 0 Å². The van der Waals surface area contributed by atoms with E-state index in [1.54, 1.807) is 30.3 Å². The third-order valence-corrected chi connectivity index (χ3v) is 5.19. The second-order valence-corrected chi connectivity index (χ2v) is 7.40. The summed E-state index contributed by atoms with van der Waals surface area (Å²) in [6.07, 6.45) is 0. The van der Waals surface area contributed by atoms with E-state index in [4.69, 9.17) is 16.9 Å². The van der Waals surface area contributed by atoms with E-state index >= 15 is 0 Å². The van der Waals surface area contributed by atoms with E-state index in [1.807, 2.05) is 13.0 Å². The highest BCUT2D eigenvalue weighted by molar-refractivity contribution is 6.31. The maximum atomic E-state index is 12.6. The minimum Gasteiger partial charge on any atom is -0.322 e. The Bertz CT molecular complexity index is 882. The van der Waals surface area contributed by atoms with Gasteiger partial charge in [-0.1, -0.05) is 17.7 Å². The van der Waals surface area contributed by atoms with Crippen LogP contribution in [0, 0.1) is 18.3 Å². The number of hydrogen-bond donors (Lipinski definition) is 1. The highest BCUT2D eigenvalue weighted by Gasteiger charge is 2.17. The molecule has 1 amide bonds. The van der Waals surface area contributed by atoms with E-state index in [9.17, 15) is 4.79 Å². The Kier molecular flexibility index (Phi) is 6.12. The Balaban J connectivity index is 1.78. The molecule has 140 valence electrons. The Labute approximate surface area is 165 Å². The molecule has 27 heavy (non-hydrogen) atoms. The van der Waals surface area contributed by atoms with Crippen LogP contribution in [-0.2, 0) is 6.54 Å². The fourth-order valence-corrected chi connectivity index (χ4v) is 3.44. The van der Waals surface area contributed by atoms with Crippen LogP contribution in [0.2, 0.25) is 5.02 Å². The minimum atomic E-state index is -0.247. The topological polar surface area (TPSA) is 59.4 Å². The molecule has 2 aromatic carbocycles. The lowest BCUT2D eigenvalue weighted by Gasteiger charge is -2.32. The van der Waals surface area contributed by atoms with Crippen LogP contribution in [0.15, 0.2) is 36.4 Å². The van der Waals surface area contributed by atoms with Crippen LogP contribution in [0.5, 0.6) is 0 Å². The van der Waals surface area contributed by atoms with Crippen LogP contribution in [0.1, 0.15) is 27.0 Å². The minimum absolute atomic E-state index is 0.247. The lowest BCUT2D eigenvalue weighted by atomic mass is 10.0. The fraction of sp³-hybridized carbons (Fsp3) is 0.333. The van der Waals surface area contributed by atoms with Crippen molar-refractivity contribution in [1.82, 2.24) is 9.80 Å². The highest BCUT2D eigenvalue weighted by Crippen LogP contribution is 2.27. The number of amides is 1. The molecular weight excluding hydrogens is 360 g/mol. The van der Waals surface area contributed by atoms with E-state index in [0.29, 0.717) is 21.8 Å². The Hall–Kier alpha value is -2.39. The van der Waals surface area contributed by atoms with Gasteiger partial charge in [-0.15, -0.1) is 0 Å². The summed E-state index contributed by atoms with van der Waals surface area (Å²) in [4.78, 5) is 17.3. The van der Waals surface area contributed by atoms with Gasteiger partial charge in [0.05, 0.1) is 11.6 Å². The molecule has 0 radical (unpaired) electrons. The summed E-state index contributed by atoms with van der Waals surface area (Å²) in [5.41, 5.74) is 3.76. The number of carbonyl (C=O) groups excluding carboxylic acids is 1. The average molecular weight is 383 g/mol. The number of anilines is 1. The molecule has 1 aliphatic heterocycles. The Morgan fingerprint density at radius 2 is 1.96 bits per heavy atom. The summed E-state index contributed by atoms with van der Waals surface area (Å²) in [5, 5.41) is 12.6. The van der Waals surface area contributed by atoms with Crippen LogP contribution in [-0.4, -0.2) is 48.9 Å². The van der Waals surface area contributed by atoms with Crippen molar-refractivity contribution in [2.24, 2.45) is 0 Å². The van der Waals surface area contributed by atoms with Crippen LogP contribution in [0.25, 0.3) is 0 Å². The van der Waals surface area contributed by atoms with Crippen molar-refractivity contribution >= 4 is 23.2 Å². The molecule has 2 aromatic rings. The van der Waals surface area contributed by atoms with Gasteiger partial charge in [0.25, 0.3) is 5.91 Å². The zero-order chi connectivity index (χ0) is 19.4. The first-order chi connectivity index (χ1) is 13.0. The van der Waals surface area contributed by atoms with Crippen molar-refractivity contribution in [2.75, 3.05) is 38.5 Å². The van der Waals surface area contributed by atoms with Crippen molar-refractivity contribution in [2.45, 2.75) is 13.5 Å². The lowest BCUT2D eigenvalue weighted by Crippen LogP contribution is -2.44. The third-order valence-electron chi connectivity index (χ3n) is 4.97. The van der Waals surface area contributed by atoms with E-state index in [1.165, 1.54) is 0 Å². The molecule has 6 heteroatoms. The monoisotopic (exact) mass is 382 g/mol. The van der Waals surface area contributed by atoms with Gasteiger partial charge in [0.2, 0.25) is 0 Å². The molecule has 0 spiro atoms. The maximum absolute atomic E-state index is 12.6. The molecule has 0 atom stereocenters. The molecule has 0 bridgehead atoms. The van der Waals surface area contributed by atoms with Crippen LogP contribution in [0.4, 0.5) is 5.69 Å². The summed E-state index contributed by atoms with van der Waals surface area (Å²) in [6, 6.07) is 12.5. The largest absolute Gasteiger partial charge is 0.322 e. The Morgan fingerprint density at radius 1 is 1.22 bits per heavy atom. The molecule has 1 heterocycles. The first-order valence-corrected chi connectivity index (χ1v) is 9.35. The van der Waals surface area contributed by atoms with Gasteiger partial charge in [0.1, 0.15) is 0 Å². The number of nitrogens with one attached hydrogen (secondary N) is 1. The van der Waals surface area contributed by atoms with E-state index < -0.39 is 0 Å². The molecule has 1 fully saturated rings. The lowest BCUT2D eigenvalue weighted by molar-refractivity contribution is 0.102. The maximum Gasteiger partial charge on any atom is 0.255 e. The number of carbonyl (C=O) groups is 1. The van der Waals surface area contributed by atoms with Gasteiger partial charge in [-0.25, -0.2) is 0 Å². The number of nitriles is 1. The molecular formula is C21H23ClN4O. The van der Waals surface area contributed by atoms with Gasteiger partial charge in [0.15, 0.2) is 0 Å². The Morgan fingerprint density at radius 3 is 2.67 bits per heavy atom. The van der Waals surface area contributed by atoms with Gasteiger partial charge in [-0.2, -0.15) is 5.26 Å². The van der Waals surface area contributed by atoms with Gasteiger partial charge in [-0.3, -0.25) is 9.69 Å². The first-order valence-electron chi connectivity index (χ1n) is 8.97. The third kappa shape index (κ3) is 4.86. The molecule has 0 aliphatic carbocycles. The number of likely N-dealkylation sites (N-methyl/N-ethyl adjacent to an activating group) is 1. The quantitative estimate of drug-likeness (QED) is 0.878. The van der Waals surface area contributed by atoms with E-state index in [0.717, 1.165) is 43.9 Å². The summed E-state index contributed by atoms with van der Waals surface area (Å²) in [7, 11) is 2.14. The average Bonchev–Trinajstić information content (AvgIpc) is 2.67. The predicted octanol–water partition coefficient (Wildman–Crippen LogP) is 3.52. The number of piperazine rings is 1. The van der Waals surface area contributed by atoms with Crippen LogP contribution < -0.4 is 5.32 Å². The van der Waals surface area contributed by atoms with Crippen molar-refractivity contribution < 1.29 is 4.79 Å². The van der Waals surface area contributed by atoms with Gasteiger partial charge in [-0.05, 0) is 55.4 Å². The molecule has 1 aliphatic rings. The summed E-state index contributed by atoms with van der Waals surface area (Å²) >= 11 is 6.32. The zero-order valence-corrected chi connectivity index (χ0v) is 16.4. The summed E-state index contributed by atoms with van der Waals surface area (Å²) in [5.74, 6) is -0.247. The predicted molar refractivity (Wildman–Crippen MR) is 108 cm³/mol. The second-order valence-electron chi connectivity index (χ2n) is 6.96. The van der Waals surface area contributed by atoms with Crippen molar-refractivity contribution in [3.05, 3.63) is 63.7 Å². The van der Waals surface area contributed by atoms with E-state index in [-0.39, 0.29) is 5.91 Å². The molecule has 5 nitrogen and oxygen atoms in total. The number of hydrogen-bond acceptors (Lipinski definition) is 4. The molecule has 1 saturated heterocycles. The molecule has 1 N–H and O–H groups in total. The number of halogens is 1. The van der Waals surface area contributed by atoms with Gasteiger partial charge < -0.3 is 10.2 Å². The second kappa shape index (κ2) is 8.53. The number of benzene rings is 2. The smallest absolute Gasteiger partial charge is 0.255 e. The fourth-order valence-electron chi connectivity index (χ4n) is 3.20. The van der Waals surface area contributed by atoms with Crippen molar-refractivity contribution in [1.29, 1.82) is 5.26 Å². The first kappa shape index (κ1) is 19.4.